The van der Waals surface area contributed by atoms with Gasteiger partial charge in [0, 0.05) is 26.2 Å². The maximum absolute atomic E-state index is 11.8. The van der Waals surface area contributed by atoms with E-state index in [1.807, 2.05) is 18.2 Å². The SMILES string of the molecule is CNC(=O)C1CCCN(C(CN)c2ccccc2)C1. The molecule has 2 unspecified atom stereocenters. The highest BCUT2D eigenvalue weighted by Gasteiger charge is 2.29. The van der Waals surface area contributed by atoms with Gasteiger partial charge >= 0.3 is 0 Å². The van der Waals surface area contributed by atoms with Crippen LogP contribution in [0.15, 0.2) is 30.3 Å². The lowest BCUT2D eigenvalue weighted by Crippen LogP contribution is -2.45. The molecule has 1 fully saturated rings. The number of carbonyl (C=O) groups excluding carboxylic acids is 1. The Morgan fingerprint density at radius 1 is 1.47 bits per heavy atom. The van der Waals surface area contributed by atoms with E-state index in [2.05, 4.69) is 22.3 Å². The van der Waals surface area contributed by atoms with Crippen LogP contribution in [-0.4, -0.2) is 37.5 Å². The van der Waals surface area contributed by atoms with Gasteiger partial charge < -0.3 is 11.1 Å². The topological polar surface area (TPSA) is 58.4 Å². The zero-order valence-electron chi connectivity index (χ0n) is 11.5. The number of amides is 1. The lowest BCUT2D eigenvalue weighted by atomic mass is 9.94. The summed E-state index contributed by atoms with van der Waals surface area (Å²) in [7, 11) is 1.71. The van der Waals surface area contributed by atoms with Crippen molar-refractivity contribution in [1.29, 1.82) is 0 Å². The molecule has 0 aliphatic carbocycles. The fourth-order valence-electron chi connectivity index (χ4n) is 2.88. The molecule has 1 aromatic rings. The number of likely N-dealkylation sites (tertiary alicyclic amines) is 1. The molecule has 3 N–H and O–H groups in total. The van der Waals surface area contributed by atoms with Gasteiger partial charge in [-0.2, -0.15) is 0 Å². The van der Waals surface area contributed by atoms with Crippen molar-refractivity contribution in [2.45, 2.75) is 18.9 Å². The third-order valence-electron chi connectivity index (χ3n) is 3.92. The molecule has 4 nitrogen and oxygen atoms in total. The summed E-state index contributed by atoms with van der Waals surface area (Å²) in [5.74, 6) is 0.241. The Balaban J connectivity index is 2.09. The van der Waals surface area contributed by atoms with Crippen LogP contribution in [0.2, 0.25) is 0 Å². The van der Waals surface area contributed by atoms with Gasteiger partial charge in [-0.05, 0) is 24.9 Å². The highest BCUT2D eigenvalue weighted by molar-refractivity contribution is 5.78. The van der Waals surface area contributed by atoms with Gasteiger partial charge in [-0.15, -0.1) is 0 Å². The van der Waals surface area contributed by atoms with Crippen molar-refractivity contribution in [2.75, 3.05) is 26.7 Å². The Bertz CT molecular complexity index is 407. The van der Waals surface area contributed by atoms with Crippen LogP contribution in [0, 0.1) is 5.92 Å². The Labute approximate surface area is 115 Å². The first-order valence-corrected chi connectivity index (χ1v) is 6.97. The molecule has 1 aromatic carbocycles. The minimum atomic E-state index is 0.0940. The average molecular weight is 261 g/mol. The molecule has 1 amide bonds. The van der Waals surface area contributed by atoms with Crippen molar-refractivity contribution in [2.24, 2.45) is 11.7 Å². The summed E-state index contributed by atoms with van der Waals surface area (Å²) in [6.45, 7) is 2.41. The van der Waals surface area contributed by atoms with Gasteiger partial charge in [-0.3, -0.25) is 9.69 Å². The van der Waals surface area contributed by atoms with E-state index in [1.54, 1.807) is 7.05 Å². The van der Waals surface area contributed by atoms with Gasteiger partial charge in [-0.1, -0.05) is 30.3 Å². The second-order valence-electron chi connectivity index (χ2n) is 5.11. The largest absolute Gasteiger partial charge is 0.359 e. The molecule has 1 heterocycles. The number of hydrogen-bond donors (Lipinski definition) is 2. The molecule has 2 atom stereocenters. The second-order valence-corrected chi connectivity index (χ2v) is 5.11. The first kappa shape index (κ1) is 14.0. The molecule has 1 aliphatic heterocycles. The number of benzene rings is 1. The molecule has 0 aromatic heterocycles. The van der Waals surface area contributed by atoms with Crippen LogP contribution in [0.25, 0.3) is 0 Å². The molecule has 0 radical (unpaired) electrons. The Hall–Kier alpha value is -1.39. The molecule has 0 spiro atoms. The first-order valence-electron chi connectivity index (χ1n) is 6.97. The van der Waals surface area contributed by atoms with Gasteiger partial charge in [0.05, 0.1) is 5.92 Å². The molecule has 2 rings (SSSR count). The van der Waals surface area contributed by atoms with Crippen LogP contribution >= 0.6 is 0 Å². The van der Waals surface area contributed by atoms with E-state index >= 15 is 0 Å². The molecule has 19 heavy (non-hydrogen) atoms. The number of piperidine rings is 1. The van der Waals surface area contributed by atoms with E-state index in [1.165, 1.54) is 5.56 Å². The summed E-state index contributed by atoms with van der Waals surface area (Å²) in [5.41, 5.74) is 7.19. The van der Waals surface area contributed by atoms with Crippen molar-refractivity contribution >= 4 is 5.91 Å². The molecule has 1 aliphatic rings. The monoisotopic (exact) mass is 261 g/mol. The van der Waals surface area contributed by atoms with Crippen molar-refractivity contribution in [1.82, 2.24) is 10.2 Å². The second kappa shape index (κ2) is 6.68. The highest BCUT2D eigenvalue weighted by atomic mass is 16.1. The minimum absolute atomic E-state index is 0.0940. The van der Waals surface area contributed by atoms with Crippen molar-refractivity contribution in [3.05, 3.63) is 35.9 Å². The van der Waals surface area contributed by atoms with Gasteiger partial charge in [0.25, 0.3) is 0 Å². The van der Waals surface area contributed by atoms with E-state index in [0.29, 0.717) is 6.54 Å². The molecule has 1 saturated heterocycles. The van der Waals surface area contributed by atoms with Crippen LogP contribution < -0.4 is 11.1 Å². The van der Waals surface area contributed by atoms with Crippen molar-refractivity contribution in [3.8, 4) is 0 Å². The smallest absolute Gasteiger partial charge is 0.224 e. The molecule has 0 saturated carbocycles. The average Bonchev–Trinajstić information content (AvgIpc) is 2.48. The lowest BCUT2D eigenvalue weighted by molar-refractivity contribution is -0.126. The van der Waals surface area contributed by atoms with Gasteiger partial charge in [-0.25, -0.2) is 0 Å². The number of nitrogens with one attached hydrogen (secondary N) is 1. The van der Waals surface area contributed by atoms with Crippen LogP contribution in [-0.2, 0) is 4.79 Å². The summed E-state index contributed by atoms with van der Waals surface area (Å²) in [6, 6.07) is 10.5. The fraction of sp³-hybridized carbons (Fsp3) is 0.533. The van der Waals surface area contributed by atoms with E-state index in [-0.39, 0.29) is 17.9 Å². The van der Waals surface area contributed by atoms with Crippen LogP contribution in [0.1, 0.15) is 24.4 Å². The predicted octanol–water partition coefficient (Wildman–Crippen LogP) is 1.14. The summed E-state index contributed by atoms with van der Waals surface area (Å²) in [6.07, 6.45) is 2.03. The van der Waals surface area contributed by atoms with Gasteiger partial charge in [0.1, 0.15) is 0 Å². The number of nitrogens with zero attached hydrogens (tertiary/aromatic N) is 1. The zero-order valence-corrected chi connectivity index (χ0v) is 11.5. The third-order valence-corrected chi connectivity index (χ3v) is 3.92. The third kappa shape index (κ3) is 3.33. The standard InChI is InChI=1S/C15H23N3O/c1-17-15(19)13-8-5-9-18(11-13)14(10-16)12-6-3-2-4-7-12/h2-4,6-7,13-14H,5,8-11,16H2,1H3,(H,17,19). The Kier molecular flexibility index (Phi) is 4.93. The Morgan fingerprint density at radius 3 is 2.84 bits per heavy atom. The minimum Gasteiger partial charge on any atom is -0.359 e. The number of rotatable bonds is 4. The van der Waals surface area contributed by atoms with Crippen molar-refractivity contribution < 1.29 is 4.79 Å². The maximum Gasteiger partial charge on any atom is 0.224 e. The maximum atomic E-state index is 11.8. The first-order chi connectivity index (χ1) is 9.26. The predicted molar refractivity (Wildman–Crippen MR) is 76.6 cm³/mol. The van der Waals surface area contributed by atoms with Crippen LogP contribution in [0.5, 0.6) is 0 Å². The summed E-state index contributed by atoms with van der Waals surface area (Å²) in [4.78, 5) is 14.1. The fourth-order valence-corrected chi connectivity index (χ4v) is 2.88. The number of nitrogens with two attached hydrogens (primary N) is 1. The molecule has 104 valence electrons. The number of hydrogen-bond acceptors (Lipinski definition) is 3. The Morgan fingerprint density at radius 2 is 2.21 bits per heavy atom. The zero-order chi connectivity index (χ0) is 13.7. The highest BCUT2D eigenvalue weighted by Crippen LogP contribution is 2.26. The van der Waals surface area contributed by atoms with Crippen molar-refractivity contribution in [3.63, 3.8) is 0 Å². The summed E-state index contributed by atoms with van der Waals surface area (Å²) >= 11 is 0. The van der Waals surface area contributed by atoms with E-state index < -0.39 is 0 Å². The number of carbonyl (C=O) groups is 1. The van der Waals surface area contributed by atoms with E-state index in [9.17, 15) is 4.79 Å². The van der Waals surface area contributed by atoms with Gasteiger partial charge in [0.2, 0.25) is 5.91 Å². The molecule has 4 heteroatoms. The van der Waals surface area contributed by atoms with Crippen LogP contribution in [0.4, 0.5) is 0 Å². The summed E-state index contributed by atoms with van der Waals surface area (Å²) in [5, 5.41) is 2.76. The van der Waals surface area contributed by atoms with Crippen LogP contribution in [0.3, 0.4) is 0 Å². The van der Waals surface area contributed by atoms with E-state index in [0.717, 1.165) is 25.9 Å². The lowest BCUT2D eigenvalue weighted by Gasteiger charge is -2.37. The molecular weight excluding hydrogens is 238 g/mol. The van der Waals surface area contributed by atoms with E-state index in [4.69, 9.17) is 5.73 Å². The molecule has 0 bridgehead atoms. The summed E-state index contributed by atoms with van der Waals surface area (Å²) < 4.78 is 0. The quantitative estimate of drug-likeness (QED) is 0.854. The van der Waals surface area contributed by atoms with Gasteiger partial charge in [0.15, 0.2) is 0 Å². The molecular formula is C15H23N3O. The normalized spacial score (nSPS) is 21.9.